The van der Waals surface area contributed by atoms with Crippen molar-refractivity contribution in [2.24, 2.45) is 0 Å². The van der Waals surface area contributed by atoms with Crippen molar-refractivity contribution in [3.63, 3.8) is 0 Å². The molecule has 0 aliphatic heterocycles. The van der Waals surface area contributed by atoms with Crippen molar-refractivity contribution in [3.05, 3.63) is 6.92 Å². The molecule has 47 valence electrons. The van der Waals surface area contributed by atoms with Gasteiger partial charge in [0.15, 0.2) is 0 Å². The minimum atomic E-state index is -0.896. The Balaban J connectivity index is 3.05. The second kappa shape index (κ2) is 3.43. The first-order valence-electron chi connectivity index (χ1n) is 2.36. The largest absolute Gasteiger partial charge is 0.481 e. The summed E-state index contributed by atoms with van der Waals surface area (Å²) in [5.74, 6) is -0.896. The molecule has 0 saturated carbocycles. The molecule has 0 aliphatic rings. The van der Waals surface area contributed by atoms with E-state index in [-0.39, 0.29) is 12.8 Å². The van der Waals surface area contributed by atoms with E-state index in [1.165, 1.54) is 0 Å². The van der Waals surface area contributed by atoms with Gasteiger partial charge >= 0.3 is 5.97 Å². The molecule has 0 aromatic heterocycles. The Bertz CT molecular complexity index is 77.7. The van der Waals surface area contributed by atoms with Gasteiger partial charge in [0.05, 0.1) is 6.10 Å². The van der Waals surface area contributed by atoms with Gasteiger partial charge in [-0.3, -0.25) is 4.79 Å². The molecule has 0 aromatic rings. The molecule has 3 nitrogen and oxygen atoms in total. The summed E-state index contributed by atoms with van der Waals surface area (Å²) < 4.78 is 0. The van der Waals surface area contributed by atoms with E-state index in [1.54, 1.807) is 0 Å². The maximum absolute atomic E-state index is 9.76. The van der Waals surface area contributed by atoms with E-state index in [9.17, 15) is 4.79 Å². The molecule has 0 rings (SSSR count). The molecule has 0 heterocycles. The Morgan fingerprint density at radius 3 is 2.38 bits per heavy atom. The number of carboxylic acids is 1. The summed E-state index contributed by atoms with van der Waals surface area (Å²) in [6.07, 6.45) is -0.522. The van der Waals surface area contributed by atoms with Crippen LogP contribution in [-0.4, -0.2) is 22.3 Å². The zero-order valence-corrected chi connectivity index (χ0v) is 4.50. The molecule has 1 atom stereocenters. The monoisotopic (exact) mass is 117 g/mol. The Labute approximate surface area is 47.9 Å². The number of aliphatic hydroxyl groups excluding tert-OH is 1. The highest BCUT2D eigenvalue weighted by Crippen LogP contribution is 1.93. The summed E-state index contributed by atoms with van der Waals surface area (Å²) in [6, 6.07) is 0. The number of hydrogen-bond donors (Lipinski definition) is 2. The van der Waals surface area contributed by atoms with Crippen molar-refractivity contribution < 1.29 is 15.0 Å². The Morgan fingerprint density at radius 1 is 1.75 bits per heavy atom. The van der Waals surface area contributed by atoms with E-state index in [0.717, 1.165) is 0 Å². The van der Waals surface area contributed by atoms with Crippen LogP contribution in [0.1, 0.15) is 12.8 Å². The van der Waals surface area contributed by atoms with Crippen LogP contribution in [0, 0.1) is 6.92 Å². The van der Waals surface area contributed by atoms with E-state index in [2.05, 4.69) is 6.92 Å². The van der Waals surface area contributed by atoms with Crippen LogP contribution in [0.15, 0.2) is 0 Å². The lowest BCUT2D eigenvalue weighted by atomic mass is 10.2. The third-order valence-corrected chi connectivity index (χ3v) is 0.691. The van der Waals surface area contributed by atoms with Crippen molar-refractivity contribution in [2.75, 3.05) is 0 Å². The van der Waals surface area contributed by atoms with Crippen LogP contribution in [0.3, 0.4) is 0 Å². The molecule has 0 saturated heterocycles. The number of rotatable bonds is 3. The van der Waals surface area contributed by atoms with Crippen LogP contribution in [0.25, 0.3) is 0 Å². The van der Waals surface area contributed by atoms with Gasteiger partial charge in [0.25, 0.3) is 0 Å². The predicted molar refractivity (Wildman–Crippen MR) is 28.2 cm³/mol. The average Bonchev–Trinajstić information content (AvgIpc) is 1.61. The molecule has 0 bridgehead atoms. The van der Waals surface area contributed by atoms with E-state index >= 15 is 0 Å². The number of carbonyl (C=O) groups is 1. The van der Waals surface area contributed by atoms with Gasteiger partial charge in [0.1, 0.15) is 0 Å². The summed E-state index contributed by atoms with van der Waals surface area (Å²) in [6.45, 7) is 3.20. The summed E-state index contributed by atoms with van der Waals surface area (Å²) in [7, 11) is 0. The molecule has 3 heteroatoms. The molecule has 0 fully saturated rings. The number of carboxylic acid groups (broad SMARTS) is 1. The van der Waals surface area contributed by atoms with Gasteiger partial charge in [-0.2, -0.15) is 0 Å². The van der Waals surface area contributed by atoms with Crippen LogP contribution in [0.4, 0.5) is 0 Å². The molecule has 0 spiro atoms. The molecule has 0 amide bonds. The Morgan fingerprint density at radius 2 is 2.25 bits per heavy atom. The number of aliphatic carboxylic acids is 1. The van der Waals surface area contributed by atoms with E-state index in [4.69, 9.17) is 10.2 Å². The average molecular weight is 117 g/mol. The molecule has 1 radical (unpaired) electrons. The van der Waals surface area contributed by atoms with Gasteiger partial charge in [0, 0.05) is 6.42 Å². The van der Waals surface area contributed by atoms with Crippen molar-refractivity contribution in [2.45, 2.75) is 18.9 Å². The molecule has 1 unspecified atom stereocenters. The molecular weight excluding hydrogens is 108 g/mol. The second-order valence-electron chi connectivity index (χ2n) is 1.59. The van der Waals surface area contributed by atoms with Gasteiger partial charge in [0.2, 0.25) is 0 Å². The quantitative estimate of drug-likeness (QED) is 0.549. The van der Waals surface area contributed by atoms with Crippen LogP contribution in [0.2, 0.25) is 0 Å². The van der Waals surface area contributed by atoms with Gasteiger partial charge in [-0.25, -0.2) is 0 Å². The molecule has 0 aromatic carbocycles. The zero-order chi connectivity index (χ0) is 6.57. The highest BCUT2D eigenvalue weighted by atomic mass is 16.4. The van der Waals surface area contributed by atoms with Crippen LogP contribution in [-0.2, 0) is 4.79 Å². The van der Waals surface area contributed by atoms with Crippen molar-refractivity contribution in [3.8, 4) is 0 Å². The fourth-order valence-corrected chi connectivity index (χ4v) is 0.290. The van der Waals surface area contributed by atoms with E-state index in [0.29, 0.717) is 0 Å². The fraction of sp³-hybridized carbons (Fsp3) is 0.600. The predicted octanol–water partition coefficient (Wildman–Crippen LogP) is 0.0462. The van der Waals surface area contributed by atoms with Gasteiger partial charge in [-0.1, -0.05) is 0 Å². The first kappa shape index (κ1) is 7.43. The lowest BCUT2D eigenvalue weighted by Crippen LogP contribution is -2.04. The third-order valence-electron chi connectivity index (χ3n) is 0.691. The van der Waals surface area contributed by atoms with Crippen molar-refractivity contribution in [1.82, 2.24) is 0 Å². The first-order valence-corrected chi connectivity index (χ1v) is 2.36. The highest BCUT2D eigenvalue weighted by Gasteiger charge is 1.99. The number of hydrogen-bond acceptors (Lipinski definition) is 2. The molecule has 0 aliphatic carbocycles. The third kappa shape index (κ3) is 5.43. The summed E-state index contributed by atoms with van der Waals surface area (Å²) in [5.41, 5.74) is 0. The topological polar surface area (TPSA) is 57.5 Å². The lowest BCUT2D eigenvalue weighted by molar-refractivity contribution is -0.137. The number of aliphatic hydroxyl groups is 1. The first-order chi connectivity index (χ1) is 3.63. The minimum Gasteiger partial charge on any atom is -0.481 e. The van der Waals surface area contributed by atoms with Gasteiger partial charge in [-0.15, -0.1) is 0 Å². The van der Waals surface area contributed by atoms with Gasteiger partial charge in [-0.05, 0) is 13.3 Å². The molecule has 2 N–H and O–H groups in total. The van der Waals surface area contributed by atoms with Crippen LogP contribution >= 0.6 is 0 Å². The van der Waals surface area contributed by atoms with E-state index < -0.39 is 12.1 Å². The smallest absolute Gasteiger partial charge is 0.303 e. The molecule has 8 heavy (non-hydrogen) atoms. The Hall–Kier alpha value is -0.570. The van der Waals surface area contributed by atoms with Crippen LogP contribution in [0.5, 0.6) is 0 Å². The SMILES string of the molecule is [CH2]C(O)CCC(=O)O. The molecular formula is C5H9O3. The van der Waals surface area contributed by atoms with Crippen molar-refractivity contribution >= 4 is 5.97 Å². The summed E-state index contributed by atoms with van der Waals surface area (Å²) >= 11 is 0. The summed E-state index contributed by atoms with van der Waals surface area (Å²) in [4.78, 5) is 9.76. The normalized spacial score (nSPS) is 13.2. The maximum Gasteiger partial charge on any atom is 0.303 e. The highest BCUT2D eigenvalue weighted by molar-refractivity contribution is 5.66. The maximum atomic E-state index is 9.76. The zero-order valence-electron chi connectivity index (χ0n) is 4.50. The standard InChI is InChI=1S/C5H9O3/c1-4(6)2-3-5(7)8/h4,6H,1-3H2,(H,7,8). The fourth-order valence-electron chi connectivity index (χ4n) is 0.290. The van der Waals surface area contributed by atoms with Crippen molar-refractivity contribution in [1.29, 1.82) is 0 Å². The van der Waals surface area contributed by atoms with Crippen LogP contribution < -0.4 is 0 Å². The lowest BCUT2D eigenvalue weighted by Gasteiger charge is -1.97. The van der Waals surface area contributed by atoms with Gasteiger partial charge < -0.3 is 10.2 Å². The van der Waals surface area contributed by atoms with E-state index in [1.807, 2.05) is 0 Å². The second-order valence-corrected chi connectivity index (χ2v) is 1.59. The summed E-state index contributed by atoms with van der Waals surface area (Å²) in [5, 5.41) is 16.5. The minimum absolute atomic E-state index is 0.00926. The Kier molecular flexibility index (Phi) is 3.19.